The lowest BCUT2D eigenvalue weighted by Crippen LogP contribution is -2.16. The molecule has 0 unspecified atom stereocenters. The molecule has 1 heterocycles. The van der Waals surface area contributed by atoms with Crippen LogP contribution in [0.15, 0.2) is 46.3 Å². The van der Waals surface area contributed by atoms with Gasteiger partial charge in [-0.1, -0.05) is 30.3 Å². The molecule has 0 saturated carbocycles. The zero-order valence-corrected chi connectivity index (χ0v) is 8.73. The highest BCUT2D eigenvalue weighted by atomic mass is 15.2. The van der Waals surface area contributed by atoms with E-state index in [1.54, 1.807) is 0 Å². The van der Waals surface area contributed by atoms with E-state index in [0.717, 1.165) is 11.1 Å². The van der Waals surface area contributed by atoms with Crippen LogP contribution in [0.25, 0.3) is 5.57 Å². The van der Waals surface area contributed by atoms with E-state index in [4.69, 9.17) is 5.26 Å². The summed E-state index contributed by atoms with van der Waals surface area (Å²) in [6, 6.07) is 11.9. The van der Waals surface area contributed by atoms with Crippen molar-refractivity contribution < 1.29 is 0 Å². The molecule has 0 N–H and O–H groups in total. The Hall–Kier alpha value is -1.95. The highest BCUT2D eigenvalue weighted by molar-refractivity contribution is 5.78. The summed E-state index contributed by atoms with van der Waals surface area (Å²) in [6.45, 7) is 3.92. The van der Waals surface area contributed by atoms with Gasteiger partial charge in [0.2, 0.25) is 0 Å². The first-order chi connectivity index (χ1) is 7.15. The van der Waals surface area contributed by atoms with Crippen molar-refractivity contribution in [3.05, 3.63) is 41.6 Å². The number of nitrogens with zero attached hydrogens (tertiary/aromatic N) is 3. The Morgan fingerprint density at radius 1 is 1.20 bits per heavy atom. The van der Waals surface area contributed by atoms with Gasteiger partial charge in [-0.05, 0) is 19.4 Å². The second kappa shape index (κ2) is 3.32. The number of azo groups is 1. The maximum atomic E-state index is 8.97. The lowest BCUT2D eigenvalue weighted by atomic mass is 9.88. The Morgan fingerprint density at radius 3 is 2.47 bits per heavy atom. The van der Waals surface area contributed by atoms with Gasteiger partial charge in [-0.15, -0.1) is 5.11 Å². The zero-order chi connectivity index (χ0) is 10.9. The Labute approximate surface area is 88.8 Å². The second-order valence-electron chi connectivity index (χ2n) is 3.96. The minimum Gasteiger partial charge on any atom is -0.191 e. The first-order valence-corrected chi connectivity index (χ1v) is 4.78. The Morgan fingerprint density at radius 2 is 1.87 bits per heavy atom. The molecule has 74 valence electrons. The topological polar surface area (TPSA) is 48.5 Å². The van der Waals surface area contributed by atoms with Crippen molar-refractivity contribution >= 4 is 5.57 Å². The van der Waals surface area contributed by atoms with E-state index in [0.29, 0.717) is 5.70 Å². The van der Waals surface area contributed by atoms with Crippen molar-refractivity contribution in [3.8, 4) is 6.07 Å². The van der Waals surface area contributed by atoms with Gasteiger partial charge in [0, 0.05) is 5.57 Å². The second-order valence-corrected chi connectivity index (χ2v) is 3.96. The summed E-state index contributed by atoms with van der Waals surface area (Å²) in [5.41, 5.74) is 1.95. The molecule has 0 bridgehead atoms. The fourth-order valence-electron chi connectivity index (χ4n) is 1.74. The molecule has 1 aromatic carbocycles. The Bertz CT molecular complexity index is 475. The molecule has 15 heavy (non-hydrogen) atoms. The van der Waals surface area contributed by atoms with Crippen molar-refractivity contribution in [1.82, 2.24) is 0 Å². The molecule has 1 aromatic rings. The maximum Gasteiger partial charge on any atom is 0.168 e. The summed E-state index contributed by atoms with van der Waals surface area (Å²) < 4.78 is 0. The summed E-state index contributed by atoms with van der Waals surface area (Å²) >= 11 is 0. The van der Waals surface area contributed by atoms with Gasteiger partial charge in [-0.3, -0.25) is 0 Å². The molecule has 0 spiro atoms. The molecule has 2 rings (SSSR count). The summed E-state index contributed by atoms with van der Waals surface area (Å²) in [6.07, 6.45) is 0. The highest BCUT2D eigenvalue weighted by Crippen LogP contribution is 2.38. The van der Waals surface area contributed by atoms with Gasteiger partial charge in [0.1, 0.15) is 11.6 Å². The number of nitriles is 1. The molecule has 0 aliphatic carbocycles. The van der Waals surface area contributed by atoms with Crippen LogP contribution in [0.2, 0.25) is 0 Å². The van der Waals surface area contributed by atoms with Crippen LogP contribution < -0.4 is 0 Å². The number of hydrogen-bond donors (Lipinski definition) is 0. The van der Waals surface area contributed by atoms with Gasteiger partial charge in [0.25, 0.3) is 0 Å². The third-order valence-corrected chi connectivity index (χ3v) is 2.42. The Balaban J connectivity index is 2.58. The smallest absolute Gasteiger partial charge is 0.168 e. The minimum atomic E-state index is -0.396. The van der Waals surface area contributed by atoms with Gasteiger partial charge in [-0.2, -0.15) is 10.4 Å². The maximum absolute atomic E-state index is 8.97. The van der Waals surface area contributed by atoms with E-state index in [9.17, 15) is 0 Å². The van der Waals surface area contributed by atoms with E-state index in [1.807, 2.05) is 44.2 Å². The molecule has 0 fully saturated rings. The van der Waals surface area contributed by atoms with Crippen molar-refractivity contribution in [2.75, 3.05) is 0 Å². The van der Waals surface area contributed by atoms with E-state index >= 15 is 0 Å². The monoisotopic (exact) mass is 197 g/mol. The van der Waals surface area contributed by atoms with Gasteiger partial charge in [-0.25, -0.2) is 0 Å². The molecular weight excluding hydrogens is 186 g/mol. The van der Waals surface area contributed by atoms with Crippen molar-refractivity contribution in [1.29, 1.82) is 5.26 Å². The molecule has 0 saturated heterocycles. The third kappa shape index (κ3) is 1.55. The van der Waals surface area contributed by atoms with E-state index in [2.05, 4.69) is 16.3 Å². The number of hydrogen-bond acceptors (Lipinski definition) is 3. The molecule has 3 heteroatoms. The molecule has 1 aliphatic heterocycles. The zero-order valence-electron chi connectivity index (χ0n) is 8.73. The molecular formula is C12H11N3. The number of benzene rings is 1. The predicted octanol–water partition coefficient (Wildman–Crippen LogP) is 3.17. The molecule has 0 amide bonds. The average Bonchev–Trinajstić information content (AvgIpc) is 2.55. The summed E-state index contributed by atoms with van der Waals surface area (Å²) in [7, 11) is 0. The predicted molar refractivity (Wildman–Crippen MR) is 57.9 cm³/mol. The lowest BCUT2D eigenvalue weighted by molar-refractivity contribution is 0.661. The van der Waals surface area contributed by atoms with Gasteiger partial charge in [0.05, 0.1) is 0 Å². The first kappa shape index (κ1) is 9.60. The SMILES string of the molecule is CC1(C)N=NC(C#N)=C1c1ccccc1. The van der Waals surface area contributed by atoms with Crippen LogP contribution in [0.4, 0.5) is 0 Å². The largest absolute Gasteiger partial charge is 0.191 e. The molecule has 0 radical (unpaired) electrons. The van der Waals surface area contributed by atoms with Crippen molar-refractivity contribution in [3.63, 3.8) is 0 Å². The first-order valence-electron chi connectivity index (χ1n) is 4.78. The Kier molecular flexibility index (Phi) is 2.12. The minimum absolute atomic E-state index is 0.396. The summed E-state index contributed by atoms with van der Waals surface area (Å²) in [5, 5.41) is 17.0. The van der Waals surface area contributed by atoms with Crippen LogP contribution in [-0.2, 0) is 0 Å². The summed E-state index contributed by atoms with van der Waals surface area (Å²) in [5.74, 6) is 0. The molecule has 0 atom stereocenters. The standard InChI is InChI=1S/C12H11N3/c1-12(2)11(10(8-13)14-15-12)9-6-4-3-5-7-9/h3-7H,1-2H3. The molecule has 0 aromatic heterocycles. The normalized spacial score (nSPS) is 17.9. The highest BCUT2D eigenvalue weighted by Gasteiger charge is 2.32. The van der Waals surface area contributed by atoms with Gasteiger partial charge in [0.15, 0.2) is 5.70 Å². The van der Waals surface area contributed by atoms with E-state index in [-0.39, 0.29) is 0 Å². The van der Waals surface area contributed by atoms with E-state index < -0.39 is 5.54 Å². The van der Waals surface area contributed by atoms with Crippen LogP contribution in [0.1, 0.15) is 19.4 Å². The quantitative estimate of drug-likeness (QED) is 0.682. The molecule has 3 nitrogen and oxygen atoms in total. The van der Waals surface area contributed by atoms with Crippen molar-refractivity contribution in [2.24, 2.45) is 10.2 Å². The van der Waals surface area contributed by atoms with Crippen molar-refractivity contribution in [2.45, 2.75) is 19.4 Å². The van der Waals surface area contributed by atoms with E-state index in [1.165, 1.54) is 0 Å². The van der Waals surface area contributed by atoms with Crippen LogP contribution in [-0.4, -0.2) is 5.54 Å². The van der Waals surface area contributed by atoms with Crippen LogP contribution in [0.3, 0.4) is 0 Å². The van der Waals surface area contributed by atoms with Crippen LogP contribution in [0, 0.1) is 11.3 Å². The lowest BCUT2D eigenvalue weighted by Gasteiger charge is -2.17. The average molecular weight is 197 g/mol. The third-order valence-electron chi connectivity index (χ3n) is 2.42. The fraction of sp³-hybridized carbons (Fsp3) is 0.250. The van der Waals surface area contributed by atoms with Crippen LogP contribution in [0.5, 0.6) is 0 Å². The van der Waals surface area contributed by atoms with Gasteiger partial charge < -0.3 is 0 Å². The number of allylic oxidation sites excluding steroid dienone is 1. The van der Waals surface area contributed by atoms with Gasteiger partial charge >= 0.3 is 0 Å². The molecule has 1 aliphatic rings. The summed E-state index contributed by atoms with van der Waals surface area (Å²) in [4.78, 5) is 0. The fourth-order valence-corrected chi connectivity index (χ4v) is 1.74. The number of rotatable bonds is 1. The van der Waals surface area contributed by atoms with Crippen LogP contribution >= 0.6 is 0 Å².